The number of benzene rings is 2. The third-order valence-corrected chi connectivity index (χ3v) is 3.24. The van der Waals surface area contributed by atoms with Gasteiger partial charge in [0.25, 0.3) is 0 Å². The van der Waals surface area contributed by atoms with Crippen LogP contribution in [0.2, 0.25) is 0 Å². The Morgan fingerprint density at radius 1 is 1.00 bits per heavy atom. The molecule has 122 valence electrons. The molecule has 1 unspecified atom stereocenters. The van der Waals surface area contributed by atoms with Gasteiger partial charge in [0, 0.05) is 0 Å². The smallest absolute Gasteiger partial charge is 0.341 e. The summed E-state index contributed by atoms with van der Waals surface area (Å²) < 4.78 is 5.15. The Kier molecular flexibility index (Phi) is 6.10. The molecule has 2 aromatic rings. The van der Waals surface area contributed by atoms with Gasteiger partial charge in [0.2, 0.25) is 0 Å². The zero-order chi connectivity index (χ0) is 16.7. The van der Waals surface area contributed by atoms with Crippen molar-refractivity contribution in [3.05, 3.63) is 65.7 Å². The summed E-state index contributed by atoms with van der Waals surface area (Å²) in [6.45, 7) is -0.371. The minimum absolute atomic E-state index is 0.264. The van der Waals surface area contributed by atoms with E-state index in [0.717, 1.165) is 11.1 Å². The van der Waals surface area contributed by atoms with Crippen molar-refractivity contribution in [2.24, 2.45) is 0 Å². The van der Waals surface area contributed by atoms with E-state index in [-0.39, 0.29) is 12.6 Å². The van der Waals surface area contributed by atoms with E-state index in [1.165, 1.54) is 19.4 Å². The number of aliphatic carboxylic acids is 1. The van der Waals surface area contributed by atoms with E-state index < -0.39 is 5.97 Å². The number of hydrogen-bond donors (Lipinski definition) is 1. The Balaban J connectivity index is 2.27. The van der Waals surface area contributed by atoms with Gasteiger partial charge in [0.05, 0.1) is 14.2 Å². The first-order valence-corrected chi connectivity index (χ1v) is 7.02. The van der Waals surface area contributed by atoms with Crippen molar-refractivity contribution in [3.63, 3.8) is 0 Å². The lowest BCUT2D eigenvalue weighted by Crippen LogP contribution is -2.27. The topological polar surface area (TPSA) is 68.2 Å². The first kappa shape index (κ1) is 17.0. The molecule has 0 radical (unpaired) electrons. The zero-order valence-electron chi connectivity index (χ0n) is 13.0. The molecule has 1 atom stereocenters. The number of rotatable bonds is 8. The Morgan fingerprint density at radius 3 is 2.09 bits per heavy atom. The summed E-state index contributed by atoms with van der Waals surface area (Å²) in [5.74, 6) is -0.523. The molecule has 0 aliphatic heterocycles. The summed E-state index contributed by atoms with van der Waals surface area (Å²) in [5.41, 5.74) is 1.91. The summed E-state index contributed by atoms with van der Waals surface area (Å²) in [6, 6.07) is 16.6. The molecule has 2 rings (SSSR count). The van der Waals surface area contributed by atoms with Gasteiger partial charge < -0.3 is 9.84 Å². The highest BCUT2D eigenvalue weighted by atomic mass is 16.9. The average molecular weight is 317 g/mol. The van der Waals surface area contributed by atoms with Crippen LogP contribution in [-0.4, -0.2) is 37.1 Å². The minimum atomic E-state index is -1.01. The maximum absolute atomic E-state index is 10.5. The van der Waals surface area contributed by atoms with E-state index in [1.807, 2.05) is 42.5 Å². The molecule has 0 spiro atoms. The van der Waals surface area contributed by atoms with Gasteiger partial charge in [-0.25, -0.2) is 4.79 Å². The van der Waals surface area contributed by atoms with Crippen molar-refractivity contribution in [2.45, 2.75) is 6.04 Å². The van der Waals surface area contributed by atoms with Crippen molar-refractivity contribution >= 4 is 5.97 Å². The predicted molar refractivity (Wildman–Crippen MR) is 83.7 cm³/mol. The fraction of sp³-hybridized carbons (Fsp3) is 0.235. The molecule has 6 nitrogen and oxygen atoms in total. The lowest BCUT2D eigenvalue weighted by molar-refractivity contribution is -0.360. The molecule has 0 fully saturated rings. The lowest BCUT2D eigenvalue weighted by atomic mass is 9.99. The van der Waals surface area contributed by atoms with E-state index in [9.17, 15) is 4.79 Å². The molecule has 0 aliphatic carbocycles. The van der Waals surface area contributed by atoms with Gasteiger partial charge >= 0.3 is 5.97 Å². The number of carbonyl (C=O) groups is 1. The van der Waals surface area contributed by atoms with Crippen LogP contribution in [-0.2, 0) is 14.5 Å². The first-order chi connectivity index (χ1) is 11.2. The third kappa shape index (κ3) is 4.53. The fourth-order valence-corrected chi connectivity index (χ4v) is 2.25. The van der Waals surface area contributed by atoms with Crippen molar-refractivity contribution in [1.82, 2.24) is 5.23 Å². The van der Waals surface area contributed by atoms with Gasteiger partial charge in [0.15, 0.2) is 6.61 Å². The zero-order valence-corrected chi connectivity index (χ0v) is 13.0. The lowest BCUT2D eigenvalue weighted by Gasteiger charge is -2.27. The van der Waals surface area contributed by atoms with Crippen LogP contribution in [0.3, 0.4) is 0 Å². The molecule has 0 saturated heterocycles. The summed E-state index contributed by atoms with van der Waals surface area (Å²) in [4.78, 5) is 21.1. The quantitative estimate of drug-likeness (QED) is 0.755. The molecular weight excluding hydrogens is 298 g/mol. The van der Waals surface area contributed by atoms with Crippen LogP contribution in [0, 0.1) is 0 Å². The van der Waals surface area contributed by atoms with Crippen LogP contribution in [0.15, 0.2) is 54.6 Å². The minimum Gasteiger partial charge on any atom is -0.482 e. The van der Waals surface area contributed by atoms with Gasteiger partial charge in [0.1, 0.15) is 11.8 Å². The molecule has 2 aromatic carbocycles. The molecule has 0 saturated carbocycles. The Labute approximate surface area is 134 Å². The molecule has 0 amide bonds. The second-order valence-electron chi connectivity index (χ2n) is 4.72. The van der Waals surface area contributed by atoms with Crippen LogP contribution in [0.5, 0.6) is 5.75 Å². The van der Waals surface area contributed by atoms with Crippen molar-refractivity contribution in [2.75, 3.05) is 20.8 Å². The van der Waals surface area contributed by atoms with Crippen LogP contribution in [0.25, 0.3) is 0 Å². The molecule has 0 bridgehead atoms. The van der Waals surface area contributed by atoms with E-state index in [1.54, 1.807) is 12.1 Å². The van der Waals surface area contributed by atoms with Gasteiger partial charge in [-0.3, -0.25) is 9.68 Å². The fourth-order valence-electron chi connectivity index (χ4n) is 2.25. The standard InChI is InChI=1S/C17H19NO5/c1-21-18(22-2)17(13-6-4-3-5-7-13)14-8-10-15(11-9-14)23-12-16(19)20/h3-11,17H,12H2,1-2H3,(H,19,20). The number of hydrogen-bond acceptors (Lipinski definition) is 5. The van der Waals surface area contributed by atoms with E-state index in [0.29, 0.717) is 5.75 Å². The maximum Gasteiger partial charge on any atom is 0.341 e. The van der Waals surface area contributed by atoms with Crippen LogP contribution in [0.1, 0.15) is 17.2 Å². The molecule has 0 aliphatic rings. The molecule has 0 heterocycles. The first-order valence-electron chi connectivity index (χ1n) is 7.02. The molecule has 6 heteroatoms. The monoisotopic (exact) mass is 317 g/mol. The number of ether oxygens (including phenoxy) is 1. The van der Waals surface area contributed by atoms with E-state index >= 15 is 0 Å². The number of carboxylic acid groups (broad SMARTS) is 1. The number of hydroxylamine groups is 2. The number of carboxylic acids is 1. The highest BCUT2D eigenvalue weighted by Crippen LogP contribution is 2.29. The highest BCUT2D eigenvalue weighted by molar-refractivity contribution is 5.68. The van der Waals surface area contributed by atoms with E-state index in [4.69, 9.17) is 19.5 Å². The molecular formula is C17H19NO5. The van der Waals surface area contributed by atoms with Gasteiger partial charge in [-0.05, 0) is 23.3 Å². The Bertz CT molecular complexity index is 611. The van der Waals surface area contributed by atoms with Gasteiger partial charge in [-0.2, -0.15) is 0 Å². The van der Waals surface area contributed by atoms with Gasteiger partial charge in [-0.15, -0.1) is 0 Å². The Morgan fingerprint density at radius 2 is 1.57 bits per heavy atom. The largest absolute Gasteiger partial charge is 0.482 e. The Hall–Kier alpha value is -2.41. The number of nitrogens with zero attached hydrogens (tertiary/aromatic N) is 1. The summed E-state index contributed by atoms with van der Waals surface area (Å²) in [6.07, 6.45) is 0. The van der Waals surface area contributed by atoms with Crippen molar-refractivity contribution in [3.8, 4) is 5.75 Å². The summed E-state index contributed by atoms with van der Waals surface area (Å²) in [7, 11) is 3.06. The van der Waals surface area contributed by atoms with Crippen LogP contribution >= 0.6 is 0 Å². The second kappa shape index (κ2) is 8.28. The van der Waals surface area contributed by atoms with Crippen molar-refractivity contribution in [1.29, 1.82) is 0 Å². The highest BCUT2D eigenvalue weighted by Gasteiger charge is 2.23. The SMILES string of the molecule is CON(OC)C(c1ccccc1)c1ccc(OCC(=O)O)cc1. The summed E-state index contributed by atoms with van der Waals surface area (Å²) in [5, 5.41) is 10.0. The normalized spacial score (nSPS) is 12.1. The van der Waals surface area contributed by atoms with Crippen LogP contribution in [0.4, 0.5) is 0 Å². The van der Waals surface area contributed by atoms with Crippen LogP contribution < -0.4 is 4.74 Å². The van der Waals surface area contributed by atoms with Gasteiger partial charge in [-0.1, -0.05) is 47.7 Å². The van der Waals surface area contributed by atoms with E-state index in [2.05, 4.69) is 0 Å². The molecule has 1 N–H and O–H groups in total. The average Bonchev–Trinajstić information content (AvgIpc) is 2.59. The second-order valence-corrected chi connectivity index (χ2v) is 4.72. The molecule has 0 aromatic heterocycles. The molecule has 23 heavy (non-hydrogen) atoms. The predicted octanol–water partition coefficient (Wildman–Crippen LogP) is 2.66. The summed E-state index contributed by atoms with van der Waals surface area (Å²) >= 11 is 0. The van der Waals surface area contributed by atoms with Crippen molar-refractivity contribution < 1.29 is 24.3 Å². The third-order valence-electron chi connectivity index (χ3n) is 3.24. The maximum atomic E-state index is 10.5.